The fraction of sp³-hybridized carbons (Fsp3) is 0.650. The summed E-state index contributed by atoms with van der Waals surface area (Å²) in [6.07, 6.45) is 5.67. The number of nitrogens with zero attached hydrogens (tertiary/aromatic N) is 2. The van der Waals surface area contributed by atoms with E-state index in [0.717, 1.165) is 50.4 Å². The molecule has 2 fully saturated rings. The van der Waals surface area contributed by atoms with Crippen molar-refractivity contribution in [2.24, 2.45) is 0 Å². The topological polar surface area (TPSA) is 47.6 Å². The molecule has 0 aliphatic carbocycles. The Morgan fingerprint density at radius 1 is 1.12 bits per heavy atom. The molecule has 2 amide bonds. The number of halogens is 1. The monoisotopic (exact) mass is 378 g/mol. The normalized spacial score (nSPS) is 19.6. The first-order chi connectivity index (χ1) is 12.5. The molecule has 3 rings (SSSR count). The fourth-order valence-electron chi connectivity index (χ4n) is 3.92. The van der Waals surface area contributed by atoms with Gasteiger partial charge in [0.2, 0.25) is 0 Å². The van der Waals surface area contributed by atoms with Gasteiger partial charge in [0.05, 0.1) is 11.4 Å². The Morgan fingerprint density at radius 2 is 1.81 bits per heavy atom. The van der Waals surface area contributed by atoms with Gasteiger partial charge in [-0.25, -0.2) is 4.79 Å². The molecule has 2 saturated heterocycles. The van der Waals surface area contributed by atoms with Crippen LogP contribution >= 0.6 is 11.6 Å². The quantitative estimate of drug-likeness (QED) is 0.820. The van der Waals surface area contributed by atoms with Gasteiger partial charge in [-0.3, -0.25) is 0 Å². The van der Waals surface area contributed by atoms with Crippen LogP contribution in [0.25, 0.3) is 0 Å². The molecule has 0 bridgehead atoms. The summed E-state index contributed by atoms with van der Waals surface area (Å²) >= 11 is 6.18. The molecular formula is C20H31ClN4O. The number of carbonyl (C=O) groups is 1. The summed E-state index contributed by atoms with van der Waals surface area (Å²) in [5.74, 6) is 0. The zero-order chi connectivity index (χ0) is 18.5. The van der Waals surface area contributed by atoms with Crippen molar-refractivity contribution >= 4 is 29.0 Å². The van der Waals surface area contributed by atoms with E-state index in [9.17, 15) is 4.79 Å². The number of benzene rings is 1. The first kappa shape index (κ1) is 19.3. The van der Waals surface area contributed by atoms with Crippen LogP contribution in [-0.4, -0.2) is 49.2 Å². The molecule has 26 heavy (non-hydrogen) atoms. The average Bonchev–Trinajstić information content (AvgIpc) is 2.63. The van der Waals surface area contributed by atoms with Crippen LogP contribution in [-0.2, 0) is 0 Å². The Balaban J connectivity index is 1.59. The van der Waals surface area contributed by atoms with Crippen LogP contribution < -0.4 is 15.5 Å². The van der Waals surface area contributed by atoms with E-state index >= 15 is 0 Å². The van der Waals surface area contributed by atoms with E-state index in [2.05, 4.69) is 34.3 Å². The molecule has 0 atom stereocenters. The summed E-state index contributed by atoms with van der Waals surface area (Å²) in [4.78, 5) is 17.3. The molecule has 6 heteroatoms. The van der Waals surface area contributed by atoms with Gasteiger partial charge >= 0.3 is 6.03 Å². The fourth-order valence-corrected chi connectivity index (χ4v) is 4.10. The van der Waals surface area contributed by atoms with Gasteiger partial charge in [0.1, 0.15) is 0 Å². The minimum Gasteiger partial charge on any atom is -0.370 e. The maximum Gasteiger partial charge on any atom is 0.319 e. The number of hydrogen-bond acceptors (Lipinski definition) is 3. The summed E-state index contributed by atoms with van der Waals surface area (Å²) in [7, 11) is 0. The van der Waals surface area contributed by atoms with E-state index < -0.39 is 0 Å². The van der Waals surface area contributed by atoms with Crippen LogP contribution in [0.3, 0.4) is 0 Å². The lowest BCUT2D eigenvalue weighted by Gasteiger charge is -2.35. The lowest BCUT2D eigenvalue weighted by molar-refractivity contribution is 0.163. The maximum atomic E-state index is 12.5. The third-order valence-electron chi connectivity index (χ3n) is 5.50. The van der Waals surface area contributed by atoms with E-state index in [4.69, 9.17) is 11.6 Å². The minimum atomic E-state index is -0.131. The van der Waals surface area contributed by atoms with Crippen molar-refractivity contribution in [1.29, 1.82) is 0 Å². The third-order valence-corrected chi connectivity index (χ3v) is 5.73. The SMILES string of the molecule is CC(C)N1CCC(NC(=O)Nc2cc(Cl)ccc2N2CCCCC2)CC1. The molecule has 1 aromatic carbocycles. The molecule has 0 saturated carbocycles. The van der Waals surface area contributed by atoms with Crippen molar-refractivity contribution in [2.75, 3.05) is 36.4 Å². The average molecular weight is 379 g/mol. The summed E-state index contributed by atoms with van der Waals surface area (Å²) in [6.45, 7) is 8.60. The minimum absolute atomic E-state index is 0.131. The molecule has 0 spiro atoms. The van der Waals surface area contributed by atoms with Gasteiger partial charge < -0.3 is 20.4 Å². The maximum absolute atomic E-state index is 12.5. The van der Waals surface area contributed by atoms with Gasteiger partial charge in [0.15, 0.2) is 0 Å². The second-order valence-electron chi connectivity index (χ2n) is 7.71. The molecule has 144 valence electrons. The number of amides is 2. The van der Waals surface area contributed by atoms with Gasteiger partial charge in [-0.2, -0.15) is 0 Å². The number of anilines is 2. The van der Waals surface area contributed by atoms with Crippen LogP contribution in [0.15, 0.2) is 18.2 Å². The Bertz CT molecular complexity index is 608. The van der Waals surface area contributed by atoms with E-state index in [1.807, 2.05) is 18.2 Å². The van der Waals surface area contributed by atoms with Crippen molar-refractivity contribution in [1.82, 2.24) is 10.2 Å². The summed E-state index contributed by atoms with van der Waals surface area (Å²) in [5.41, 5.74) is 1.87. The molecule has 0 radical (unpaired) electrons. The highest BCUT2D eigenvalue weighted by molar-refractivity contribution is 6.31. The summed E-state index contributed by atoms with van der Waals surface area (Å²) in [5, 5.41) is 6.82. The highest BCUT2D eigenvalue weighted by Crippen LogP contribution is 2.31. The van der Waals surface area contributed by atoms with Gasteiger partial charge in [-0.15, -0.1) is 0 Å². The van der Waals surface area contributed by atoms with Crippen molar-refractivity contribution in [3.05, 3.63) is 23.2 Å². The predicted octanol–water partition coefficient (Wildman–Crippen LogP) is 4.32. The number of nitrogens with one attached hydrogen (secondary N) is 2. The van der Waals surface area contributed by atoms with E-state index in [1.165, 1.54) is 19.3 Å². The first-order valence-electron chi connectivity index (χ1n) is 9.89. The second-order valence-corrected chi connectivity index (χ2v) is 8.15. The largest absolute Gasteiger partial charge is 0.370 e. The number of piperidine rings is 2. The molecule has 0 aromatic heterocycles. The molecular weight excluding hydrogens is 348 g/mol. The molecule has 1 aromatic rings. The van der Waals surface area contributed by atoms with E-state index in [1.54, 1.807) is 0 Å². The van der Waals surface area contributed by atoms with Gasteiger partial charge in [-0.05, 0) is 64.2 Å². The highest BCUT2D eigenvalue weighted by atomic mass is 35.5. The molecule has 5 nitrogen and oxygen atoms in total. The number of hydrogen-bond donors (Lipinski definition) is 2. The molecule has 2 N–H and O–H groups in total. The molecule has 2 aliphatic rings. The van der Waals surface area contributed by atoms with E-state index in [0.29, 0.717) is 11.1 Å². The van der Waals surface area contributed by atoms with Crippen LogP contribution in [0.2, 0.25) is 5.02 Å². The molecule has 2 heterocycles. The second kappa shape index (κ2) is 8.96. The number of rotatable bonds is 4. The van der Waals surface area contributed by atoms with Crippen LogP contribution in [0.1, 0.15) is 46.0 Å². The van der Waals surface area contributed by atoms with E-state index in [-0.39, 0.29) is 12.1 Å². The Labute approximate surface area is 162 Å². The molecule has 2 aliphatic heterocycles. The van der Waals surface area contributed by atoms with Crippen molar-refractivity contribution in [3.8, 4) is 0 Å². The Kier molecular flexibility index (Phi) is 6.65. The van der Waals surface area contributed by atoms with Gasteiger partial charge in [-0.1, -0.05) is 11.6 Å². The van der Waals surface area contributed by atoms with Crippen LogP contribution in [0.4, 0.5) is 16.2 Å². The standard InChI is InChI=1S/C20H31ClN4O/c1-15(2)24-12-8-17(9-13-24)22-20(26)23-18-14-16(21)6-7-19(18)25-10-4-3-5-11-25/h6-7,14-15,17H,3-5,8-13H2,1-2H3,(H2,22,23,26). The smallest absolute Gasteiger partial charge is 0.319 e. The number of carbonyl (C=O) groups excluding carboxylic acids is 1. The zero-order valence-corrected chi connectivity index (χ0v) is 16.7. The van der Waals surface area contributed by atoms with Gasteiger partial charge in [0, 0.05) is 43.3 Å². The third kappa shape index (κ3) is 5.04. The number of urea groups is 1. The summed E-state index contributed by atoms with van der Waals surface area (Å²) in [6, 6.07) is 6.45. The first-order valence-corrected chi connectivity index (χ1v) is 10.3. The predicted molar refractivity (Wildman–Crippen MR) is 109 cm³/mol. The van der Waals surface area contributed by atoms with Crippen LogP contribution in [0.5, 0.6) is 0 Å². The van der Waals surface area contributed by atoms with Crippen molar-refractivity contribution in [2.45, 2.75) is 58.0 Å². The highest BCUT2D eigenvalue weighted by Gasteiger charge is 2.23. The zero-order valence-electron chi connectivity index (χ0n) is 15.9. The Morgan fingerprint density at radius 3 is 2.46 bits per heavy atom. The molecule has 0 unspecified atom stereocenters. The summed E-state index contributed by atoms with van der Waals surface area (Å²) < 4.78 is 0. The lowest BCUT2D eigenvalue weighted by Crippen LogP contribution is -2.47. The van der Waals surface area contributed by atoms with Gasteiger partial charge in [0.25, 0.3) is 0 Å². The Hall–Kier alpha value is -1.46. The van der Waals surface area contributed by atoms with Crippen molar-refractivity contribution < 1.29 is 4.79 Å². The lowest BCUT2D eigenvalue weighted by atomic mass is 10.0. The van der Waals surface area contributed by atoms with Crippen LogP contribution in [0, 0.1) is 0 Å². The van der Waals surface area contributed by atoms with Crippen molar-refractivity contribution in [3.63, 3.8) is 0 Å². The number of likely N-dealkylation sites (tertiary alicyclic amines) is 1.